The molecule has 0 unspecified atom stereocenters. The van der Waals surface area contributed by atoms with Gasteiger partial charge in [0.25, 0.3) is 15.9 Å². The smallest absolute Gasteiger partial charge is 0.262 e. The molecular formula is C20H18ClN3O3S. The van der Waals surface area contributed by atoms with Crippen molar-refractivity contribution in [1.82, 2.24) is 4.98 Å². The largest absolute Gasteiger partial charge is 0.322 e. The van der Waals surface area contributed by atoms with E-state index < -0.39 is 15.9 Å². The van der Waals surface area contributed by atoms with Crippen LogP contribution in [0.4, 0.5) is 11.4 Å². The SMILES string of the molecule is Cc1ccc(S(=O)(=O)Nc2cncc(C(=O)Nc3ccc(Cl)cc3)c2)c(C)c1. The fraction of sp³-hybridized carbons (Fsp3) is 0.100. The molecule has 0 fully saturated rings. The molecule has 0 saturated heterocycles. The monoisotopic (exact) mass is 415 g/mol. The second kappa shape index (κ2) is 8.00. The number of aromatic nitrogens is 1. The summed E-state index contributed by atoms with van der Waals surface area (Å²) in [5, 5.41) is 3.27. The topological polar surface area (TPSA) is 88.2 Å². The van der Waals surface area contributed by atoms with Gasteiger partial charge in [0.05, 0.1) is 22.3 Å². The van der Waals surface area contributed by atoms with Crippen LogP contribution in [-0.4, -0.2) is 19.3 Å². The summed E-state index contributed by atoms with van der Waals surface area (Å²) in [4.78, 5) is 16.6. The van der Waals surface area contributed by atoms with Crippen molar-refractivity contribution in [3.8, 4) is 0 Å². The van der Waals surface area contributed by atoms with Gasteiger partial charge in [-0.25, -0.2) is 8.42 Å². The Balaban J connectivity index is 1.80. The number of hydrogen-bond donors (Lipinski definition) is 2. The first-order valence-corrected chi connectivity index (χ1v) is 10.2. The standard InChI is InChI=1S/C20H18ClN3O3S/c1-13-3-8-19(14(2)9-13)28(26,27)24-18-10-15(11-22-12-18)20(25)23-17-6-4-16(21)5-7-17/h3-12,24H,1-2H3,(H,23,25). The number of pyridine rings is 1. The number of hydrogen-bond acceptors (Lipinski definition) is 4. The zero-order chi connectivity index (χ0) is 20.3. The maximum Gasteiger partial charge on any atom is 0.262 e. The van der Waals surface area contributed by atoms with E-state index in [2.05, 4.69) is 15.0 Å². The van der Waals surface area contributed by atoms with Crippen molar-refractivity contribution in [2.45, 2.75) is 18.7 Å². The van der Waals surface area contributed by atoms with E-state index in [1.807, 2.05) is 6.92 Å². The van der Waals surface area contributed by atoms with Gasteiger partial charge in [-0.05, 0) is 55.8 Å². The number of carbonyl (C=O) groups excluding carboxylic acids is 1. The Morgan fingerprint density at radius 2 is 1.68 bits per heavy atom. The van der Waals surface area contributed by atoms with Crippen LogP contribution < -0.4 is 10.0 Å². The van der Waals surface area contributed by atoms with Crippen LogP contribution in [0.5, 0.6) is 0 Å². The summed E-state index contributed by atoms with van der Waals surface area (Å²) < 4.78 is 27.8. The van der Waals surface area contributed by atoms with E-state index in [0.717, 1.165) is 5.56 Å². The number of anilines is 2. The fourth-order valence-electron chi connectivity index (χ4n) is 2.67. The van der Waals surface area contributed by atoms with Gasteiger partial charge in [-0.1, -0.05) is 29.3 Å². The van der Waals surface area contributed by atoms with Crippen LogP contribution in [0.15, 0.2) is 65.8 Å². The summed E-state index contributed by atoms with van der Waals surface area (Å²) in [7, 11) is -3.80. The Labute approximate surface area is 168 Å². The molecule has 2 N–H and O–H groups in total. The van der Waals surface area contributed by atoms with Crippen molar-refractivity contribution in [2.24, 2.45) is 0 Å². The summed E-state index contributed by atoms with van der Waals surface area (Å²) in [6.07, 6.45) is 2.71. The third-order valence-corrected chi connectivity index (χ3v) is 5.77. The molecule has 0 bridgehead atoms. The van der Waals surface area contributed by atoms with Crippen molar-refractivity contribution >= 4 is 38.9 Å². The first-order valence-electron chi connectivity index (χ1n) is 8.37. The Morgan fingerprint density at radius 3 is 2.36 bits per heavy atom. The zero-order valence-electron chi connectivity index (χ0n) is 15.2. The Morgan fingerprint density at radius 1 is 0.964 bits per heavy atom. The second-order valence-corrected chi connectivity index (χ2v) is 8.39. The number of amides is 1. The Hall–Kier alpha value is -2.90. The van der Waals surface area contributed by atoms with Crippen LogP contribution in [0.1, 0.15) is 21.5 Å². The highest BCUT2D eigenvalue weighted by Crippen LogP contribution is 2.21. The fourth-order valence-corrected chi connectivity index (χ4v) is 4.06. The summed E-state index contributed by atoms with van der Waals surface area (Å²) in [6, 6.07) is 13.2. The van der Waals surface area contributed by atoms with E-state index in [1.165, 1.54) is 18.5 Å². The molecule has 144 valence electrons. The maximum absolute atomic E-state index is 12.7. The normalized spacial score (nSPS) is 11.1. The number of nitrogens with one attached hydrogen (secondary N) is 2. The van der Waals surface area contributed by atoms with E-state index >= 15 is 0 Å². The first-order chi connectivity index (χ1) is 13.2. The number of carbonyl (C=O) groups is 1. The molecule has 8 heteroatoms. The predicted octanol–water partition coefficient (Wildman–Crippen LogP) is 4.40. The second-order valence-electron chi connectivity index (χ2n) is 6.30. The van der Waals surface area contributed by atoms with Crippen molar-refractivity contribution in [3.63, 3.8) is 0 Å². The number of nitrogens with zero attached hydrogens (tertiary/aromatic N) is 1. The molecule has 0 aliphatic carbocycles. The zero-order valence-corrected chi connectivity index (χ0v) is 16.8. The maximum atomic E-state index is 12.7. The lowest BCUT2D eigenvalue weighted by atomic mass is 10.2. The van der Waals surface area contributed by atoms with Gasteiger partial charge in [0, 0.05) is 16.9 Å². The summed E-state index contributed by atoms with van der Waals surface area (Å²) in [5.41, 5.74) is 2.59. The molecule has 1 amide bonds. The highest BCUT2D eigenvalue weighted by Gasteiger charge is 2.18. The lowest BCUT2D eigenvalue weighted by molar-refractivity contribution is 0.102. The third-order valence-electron chi connectivity index (χ3n) is 3.97. The number of aryl methyl sites for hydroxylation is 2. The molecule has 1 aromatic heterocycles. The summed E-state index contributed by atoms with van der Waals surface area (Å²) in [6.45, 7) is 3.62. The molecule has 3 rings (SSSR count). The third kappa shape index (κ3) is 4.68. The van der Waals surface area contributed by atoms with Gasteiger partial charge in [0.1, 0.15) is 0 Å². The van der Waals surface area contributed by atoms with E-state index in [4.69, 9.17) is 11.6 Å². The highest BCUT2D eigenvalue weighted by molar-refractivity contribution is 7.92. The van der Waals surface area contributed by atoms with Gasteiger partial charge in [0.2, 0.25) is 0 Å². The van der Waals surface area contributed by atoms with E-state index in [9.17, 15) is 13.2 Å². The molecule has 1 heterocycles. The average molecular weight is 416 g/mol. The van der Waals surface area contributed by atoms with Crippen LogP contribution in [0, 0.1) is 13.8 Å². The van der Waals surface area contributed by atoms with Gasteiger partial charge in [-0.15, -0.1) is 0 Å². The van der Waals surface area contributed by atoms with Crippen LogP contribution in [0.2, 0.25) is 5.02 Å². The molecule has 28 heavy (non-hydrogen) atoms. The van der Waals surface area contributed by atoms with Crippen molar-refractivity contribution < 1.29 is 13.2 Å². The number of benzene rings is 2. The van der Waals surface area contributed by atoms with Crippen molar-refractivity contribution in [2.75, 3.05) is 10.0 Å². The van der Waals surface area contributed by atoms with E-state index in [1.54, 1.807) is 49.4 Å². The van der Waals surface area contributed by atoms with Gasteiger partial charge < -0.3 is 5.32 Å². The quantitative estimate of drug-likeness (QED) is 0.646. The minimum Gasteiger partial charge on any atom is -0.322 e. The minimum absolute atomic E-state index is 0.175. The van der Waals surface area contributed by atoms with Gasteiger partial charge >= 0.3 is 0 Å². The van der Waals surface area contributed by atoms with E-state index in [-0.39, 0.29) is 16.1 Å². The van der Waals surface area contributed by atoms with Crippen molar-refractivity contribution in [3.05, 3.63) is 82.6 Å². The molecule has 6 nitrogen and oxygen atoms in total. The van der Waals surface area contributed by atoms with Gasteiger partial charge in [-0.3, -0.25) is 14.5 Å². The van der Waals surface area contributed by atoms with Crippen LogP contribution in [0.25, 0.3) is 0 Å². The van der Waals surface area contributed by atoms with Crippen molar-refractivity contribution in [1.29, 1.82) is 0 Å². The number of sulfonamides is 1. The molecule has 0 aliphatic heterocycles. The number of halogens is 1. The lowest BCUT2D eigenvalue weighted by Crippen LogP contribution is -2.16. The molecular weight excluding hydrogens is 398 g/mol. The van der Waals surface area contributed by atoms with Crippen LogP contribution in [0.3, 0.4) is 0 Å². The van der Waals surface area contributed by atoms with E-state index in [0.29, 0.717) is 16.3 Å². The molecule has 3 aromatic rings. The summed E-state index contributed by atoms with van der Waals surface area (Å²) >= 11 is 5.83. The molecule has 0 atom stereocenters. The molecule has 2 aromatic carbocycles. The first kappa shape index (κ1) is 19.9. The van der Waals surface area contributed by atoms with Gasteiger partial charge in [0.15, 0.2) is 0 Å². The lowest BCUT2D eigenvalue weighted by Gasteiger charge is -2.12. The number of rotatable bonds is 5. The Kier molecular flexibility index (Phi) is 5.67. The molecule has 0 saturated carbocycles. The highest BCUT2D eigenvalue weighted by atomic mass is 35.5. The van der Waals surface area contributed by atoms with Gasteiger partial charge in [-0.2, -0.15) is 0 Å². The van der Waals surface area contributed by atoms with Crippen LogP contribution >= 0.6 is 11.6 Å². The summed E-state index contributed by atoms with van der Waals surface area (Å²) in [5.74, 6) is -0.414. The molecule has 0 spiro atoms. The Bertz CT molecular complexity index is 1130. The predicted molar refractivity (Wildman–Crippen MR) is 110 cm³/mol. The molecule has 0 aliphatic rings. The molecule has 0 radical (unpaired) electrons. The average Bonchev–Trinajstić information content (AvgIpc) is 2.63. The minimum atomic E-state index is -3.80. The van der Waals surface area contributed by atoms with Crippen LogP contribution in [-0.2, 0) is 10.0 Å².